The summed E-state index contributed by atoms with van der Waals surface area (Å²) < 4.78 is 26.5. The maximum atomic E-state index is 11.9. The summed E-state index contributed by atoms with van der Waals surface area (Å²) in [5, 5.41) is 0. The fourth-order valence-corrected chi connectivity index (χ4v) is 3.49. The molecule has 0 amide bonds. The van der Waals surface area contributed by atoms with Crippen LogP contribution in [0.3, 0.4) is 0 Å². The van der Waals surface area contributed by atoms with Gasteiger partial charge >= 0.3 is 0 Å². The Balaban J connectivity index is 2.37. The maximum absolute atomic E-state index is 11.9. The summed E-state index contributed by atoms with van der Waals surface area (Å²) in [6.45, 7) is 0. The van der Waals surface area contributed by atoms with E-state index < -0.39 is 22.1 Å². The van der Waals surface area contributed by atoms with Gasteiger partial charge in [-0.1, -0.05) is 24.3 Å². The Bertz CT molecular complexity index is 816. The van der Waals surface area contributed by atoms with Gasteiger partial charge in [-0.3, -0.25) is 0 Å². The lowest BCUT2D eigenvalue weighted by Gasteiger charge is -2.26. The monoisotopic (exact) mass is 376 g/mol. The molecule has 0 spiro atoms. The van der Waals surface area contributed by atoms with E-state index in [0.29, 0.717) is 0 Å². The molecule has 0 radical (unpaired) electrons. The van der Waals surface area contributed by atoms with Gasteiger partial charge in [-0.15, -0.1) is 0 Å². The Morgan fingerprint density at radius 3 is 1.54 bits per heavy atom. The highest BCUT2D eigenvalue weighted by Gasteiger charge is 2.24. The second-order valence-electron chi connectivity index (χ2n) is 6.87. The van der Waals surface area contributed by atoms with E-state index in [1.54, 1.807) is 0 Å². The van der Waals surface area contributed by atoms with Crippen molar-refractivity contribution in [1.29, 1.82) is 0 Å². The van der Waals surface area contributed by atoms with Gasteiger partial charge in [0.05, 0.1) is 18.3 Å². The molecule has 0 saturated heterocycles. The van der Waals surface area contributed by atoms with Crippen LogP contribution in [0, 0.1) is 0 Å². The molecule has 2 unspecified atom stereocenters. The van der Waals surface area contributed by atoms with Crippen LogP contribution < -0.4 is 20.3 Å². The van der Waals surface area contributed by atoms with Crippen LogP contribution in [0.2, 0.25) is 0 Å². The van der Waals surface area contributed by atoms with Crippen molar-refractivity contribution in [1.82, 2.24) is 4.72 Å². The molecule has 142 valence electrons. The molecule has 0 heterocycles. The number of anilines is 2. The van der Waals surface area contributed by atoms with E-state index in [1.807, 2.05) is 86.5 Å². The quantitative estimate of drug-likeness (QED) is 0.774. The van der Waals surface area contributed by atoms with Gasteiger partial charge < -0.3 is 15.5 Å². The third-order valence-corrected chi connectivity index (χ3v) is 4.95. The first-order chi connectivity index (χ1) is 12.1. The molecule has 0 saturated carbocycles. The molecule has 0 fully saturated rings. The highest BCUT2D eigenvalue weighted by atomic mass is 32.2. The molecule has 0 aromatic heterocycles. The average Bonchev–Trinajstić information content (AvgIpc) is 2.58. The summed E-state index contributed by atoms with van der Waals surface area (Å²) in [5.74, 6) is 0. The fourth-order valence-electron chi connectivity index (χ4n) is 2.75. The zero-order valence-corrected chi connectivity index (χ0v) is 16.8. The first-order valence-corrected chi connectivity index (χ1v) is 10.2. The highest BCUT2D eigenvalue weighted by Crippen LogP contribution is 2.29. The van der Waals surface area contributed by atoms with E-state index in [0.717, 1.165) is 28.8 Å². The number of benzene rings is 2. The summed E-state index contributed by atoms with van der Waals surface area (Å²) in [7, 11) is 4.43. The van der Waals surface area contributed by atoms with Crippen molar-refractivity contribution in [3.63, 3.8) is 0 Å². The number of hydrogen-bond donors (Lipinski definition) is 2. The Kier molecular flexibility index (Phi) is 6.28. The average molecular weight is 377 g/mol. The lowest BCUT2D eigenvalue weighted by atomic mass is 9.94. The minimum absolute atomic E-state index is 0.508. The third kappa shape index (κ3) is 5.20. The van der Waals surface area contributed by atoms with E-state index in [1.165, 1.54) is 0 Å². The van der Waals surface area contributed by atoms with Crippen molar-refractivity contribution in [2.45, 2.75) is 12.1 Å². The third-order valence-electron chi connectivity index (χ3n) is 4.26. The smallest absolute Gasteiger partial charge is 0.209 e. The van der Waals surface area contributed by atoms with Crippen LogP contribution in [0.4, 0.5) is 11.4 Å². The second-order valence-corrected chi connectivity index (χ2v) is 8.65. The van der Waals surface area contributed by atoms with Gasteiger partial charge in [0, 0.05) is 39.6 Å². The summed E-state index contributed by atoms with van der Waals surface area (Å²) in [6.07, 6.45) is 1.15. The molecule has 0 aliphatic heterocycles. The number of rotatable bonds is 7. The SMILES string of the molecule is CN(C)c1ccc(C(N)C(NS(C)(=O)=O)c2ccc(N(C)C)cc2)cc1. The molecule has 0 bridgehead atoms. The zero-order valence-electron chi connectivity index (χ0n) is 16.0. The van der Waals surface area contributed by atoms with Crippen LogP contribution in [-0.4, -0.2) is 42.9 Å². The van der Waals surface area contributed by atoms with Crippen LogP contribution >= 0.6 is 0 Å². The Morgan fingerprint density at radius 1 is 0.808 bits per heavy atom. The van der Waals surface area contributed by atoms with Crippen LogP contribution in [-0.2, 0) is 10.0 Å². The summed E-state index contributed by atoms with van der Waals surface area (Å²) >= 11 is 0. The van der Waals surface area contributed by atoms with E-state index in [4.69, 9.17) is 5.73 Å². The predicted molar refractivity (Wildman–Crippen MR) is 109 cm³/mol. The first-order valence-electron chi connectivity index (χ1n) is 8.36. The van der Waals surface area contributed by atoms with E-state index >= 15 is 0 Å². The van der Waals surface area contributed by atoms with Crippen LogP contribution in [0.15, 0.2) is 48.5 Å². The predicted octanol–water partition coefficient (Wildman–Crippen LogP) is 2.11. The standard InChI is InChI=1S/C19H28N4O2S/c1-22(2)16-10-6-14(7-11-16)18(20)19(21-26(5,24)25)15-8-12-17(13-9-15)23(3)4/h6-13,18-19,21H,20H2,1-5H3. The molecule has 6 nitrogen and oxygen atoms in total. The molecule has 2 atom stereocenters. The summed E-state index contributed by atoms with van der Waals surface area (Å²) in [6, 6.07) is 14.5. The summed E-state index contributed by atoms with van der Waals surface area (Å²) in [5.41, 5.74) is 10.2. The van der Waals surface area contributed by atoms with Gasteiger partial charge in [0.1, 0.15) is 0 Å². The van der Waals surface area contributed by atoms with Gasteiger partial charge in [-0.2, -0.15) is 0 Å². The first kappa shape index (κ1) is 20.2. The van der Waals surface area contributed by atoms with Crippen molar-refractivity contribution in [3.05, 3.63) is 59.7 Å². The molecular weight excluding hydrogens is 348 g/mol. The van der Waals surface area contributed by atoms with Crippen LogP contribution in [0.5, 0.6) is 0 Å². The molecular formula is C19H28N4O2S. The van der Waals surface area contributed by atoms with Crippen LogP contribution in [0.1, 0.15) is 23.2 Å². The minimum Gasteiger partial charge on any atom is -0.378 e. The molecule has 7 heteroatoms. The lowest BCUT2D eigenvalue weighted by molar-refractivity contribution is 0.507. The van der Waals surface area contributed by atoms with Crippen molar-refractivity contribution in [2.75, 3.05) is 44.2 Å². The fraction of sp³-hybridized carbons (Fsp3) is 0.368. The molecule has 2 aromatic rings. The molecule has 0 aliphatic rings. The van der Waals surface area contributed by atoms with Gasteiger partial charge in [-0.05, 0) is 35.4 Å². The minimum atomic E-state index is -3.42. The number of nitrogens with two attached hydrogens (primary N) is 1. The molecule has 2 rings (SSSR count). The largest absolute Gasteiger partial charge is 0.378 e. The number of nitrogens with one attached hydrogen (secondary N) is 1. The number of sulfonamides is 1. The van der Waals surface area contributed by atoms with Crippen molar-refractivity contribution < 1.29 is 8.42 Å². The van der Waals surface area contributed by atoms with Gasteiger partial charge in [0.2, 0.25) is 10.0 Å². The van der Waals surface area contributed by atoms with Crippen LogP contribution in [0.25, 0.3) is 0 Å². The Morgan fingerprint density at radius 2 is 1.19 bits per heavy atom. The van der Waals surface area contributed by atoms with Crippen molar-refractivity contribution >= 4 is 21.4 Å². The van der Waals surface area contributed by atoms with Gasteiger partial charge in [-0.25, -0.2) is 13.1 Å². The van der Waals surface area contributed by atoms with Crippen molar-refractivity contribution in [3.8, 4) is 0 Å². The zero-order chi connectivity index (χ0) is 19.5. The topological polar surface area (TPSA) is 78.7 Å². The van der Waals surface area contributed by atoms with E-state index in [9.17, 15) is 8.42 Å². The summed E-state index contributed by atoms with van der Waals surface area (Å²) in [4.78, 5) is 3.99. The molecule has 3 N–H and O–H groups in total. The molecule has 0 aliphatic carbocycles. The highest BCUT2D eigenvalue weighted by molar-refractivity contribution is 7.88. The van der Waals surface area contributed by atoms with E-state index in [2.05, 4.69) is 4.72 Å². The molecule has 2 aromatic carbocycles. The lowest BCUT2D eigenvalue weighted by Crippen LogP contribution is -2.35. The Hall–Kier alpha value is -2.09. The molecule has 26 heavy (non-hydrogen) atoms. The Labute approximate surface area is 156 Å². The maximum Gasteiger partial charge on any atom is 0.209 e. The second kappa shape index (κ2) is 8.07. The van der Waals surface area contributed by atoms with Crippen molar-refractivity contribution in [2.24, 2.45) is 5.73 Å². The normalized spacial score (nSPS) is 13.9. The number of nitrogens with zero attached hydrogens (tertiary/aromatic N) is 2. The van der Waals surface area contributed by atoms with Gasteiger partial charge in [0.25, 0.3) is 0 Å². The van der Waals surface area contributed by atoms with E-state index in [-0.39, 0.29) is 0 Å². The van der Waals surface area contributed by atoms with Gasteiger partial charge in [0.15, 0.2) is 0 Å². The number of hydrogen-bond acceptors (Lipinski definition) is 5.